The number of unbranched alkanes of at least 4 members (excludes halogenated alkanes) is 19. The number of hydrogen-bond donors (Lipinski definition) is 0. The highest BCUT2D eigenvalue weighted by atomic mass is 32.1. The summed E-state index contributed by atoms with van der Waals surface area (Å²) in [7, 11) is -1.72. The van der Waals surface area contributed by atoms with Gasteiger partial charge in [0.25, 0.3) is 0 Å². The van der Waals surface area contributed by atoms with Crippen molar-refractivity contribution in [2.45, 2.75) is 201 Å². The van der Waals surface area contributed by atoms with Gasteiger partial charge in [-0.15, -0.1) is 22.7 Å². The summed E-state index contributed by atoms with van der Waals surface area (Å²) in [6.45, 7) is 11.8. The van der Waals surface area contributed by atoms with E-state index in [1.807, 2.05) is 10.4 Å². The number of fused-ring (bicyclic) bond motifs is 3. The monoisotopic (exact) mass is 642 g/mol. The summed E-state index contributed by atoms with van der Waals surface area (Å²) in [5.74, 6) is 0.936. The third-order valence-electron chi connectivity index (χ3n) is 10.5. The van der Waals surface area contributed by atoms with Crippen molar-refractivity contribution in [2.75, 3.05) is 0 Å². The van der Waals surface area contributed by atoms with Crippen LogP contribution in [0.4, 0.5) is 0 Å². The lowest BCUT2D eigenvalue weighted by molar-refractivity contribution is 0.430. The van der Waals surface area contributed by atoms with Crippen LogP contribution in [0.1, 0.15) is 185 Å². The summed E-state index contributed by atoms with van der Waals surface area (Å²) in [5, 5.41) is 3.75. The van der Waals surface area contributed by atoms with Crippen LogP contribution in [0.2, 0.25) is 12.1 Å². The molecule has 0 N–H and O–H groups in total. The molecule has 0 amide bonds. The van der Waals surface area contributed by atoms with Crippen molar-refractivity contribution in [3.63, 3.8) is 0 Å². The molecule has 0 aliphatic carbocycles. The molecule has 1 aliphatic rings. The zero-order valence-corrected chi connectivity index (χ0v) is 32.1. The van der Waals surface area contributed by atoms with E-state index in [0.29, 0.717) is 0 Å². The summed E-state index contributed by atoms with van der Waals surface area (Å²) in [4.78, 5) is 6.54. The lowest BCUT2D eigenvalue weighted by Crippen LogP contribution is -2.55. The van der Waals surface area contributed by atoms with Gasteiger partial charge in [-0.2, -0.15) is 0 Å². The molecule has 0 fully saturated rings. The van der Waals surface area contributed by atoms with Crippen LogP contribution in [0.15, 0.2) is 12.1 Å². The molecule has 0 spiro atoms. The van der Waals surface area contributed by atoms with Crippen molar-refractivity contribution >= 4 is 41.1 Å². The van der Waals surface area contributed by atoms with Gasteiger partial charge in [-0.05, 0) is 54.4 Å². The number of aryl methyl sites for hydroxylation is 2. The highest BCUT2D eigenvalue weighted by Crippen LogP contribution is 2.44. The Labute approximate surface area is 278 Å². The Morgan fingerprint density at radius 1 is 0.488 bits per heavy atom. The van der Waals surface area contributed by atoms with Crippen LogP contribution < -0.4 is 10.4 Å². The molecule has 2 aromatic rings. The molecule has 2 aromatic heterocycles. The first kappa shape index (κ1) is 37.1. The maximum atomic E-state index is 2.69. The predicted molar refractivity (Wildman–Crippen MR) is 203 cm³/mol. The minimum atomic E-state index is -1.72. The van der Waals surface area contributed by atoms with Gasteiger partial charge in [-0.3, -0.25) is 0 Å². The van der Waals surface area contributed by atoms with Crippen LogP contribution >= 0.6 is 22.7 Å². The summed E-state index contributed by atoms with van der Waals surface area (Å²) < 4.78 is 0. The molecule has 246 valence electrons. The summed E-state index contributed by atoms with van der Waals surface area (Å²) >= 11 is 4.24. The molecule has 0 aromatic carbocycles. The van der Waals surface area contributed by atoms with Gasteiger partial charge in [-0.1, -0.05) is 175 Å². The molecule has 3 heteroatoms. The summed E-state index contributed by atoms with van der Waals surface area (Å²) in [6.07, 6.45) is 34.7. The van der Waals surface area contributed by atoms with Crippen molar-refractivity contribution in [1.82, 2.24) is 0 Å². The molecule has 1 aliphatic heterocycles. The van der Waals surface area contributed by atoms with Crippen molar-refractivity contribution in [3.8, 4) is 9.75 Å². The van der Waals surface area contributed by atoms with Gasteiger partial charge < -0.3 is 0 Å². The second kappa shape index (κ2) is 21.4. The van der Waals surface area contributed by atoms with Gasteiger partial charge in [0.15, 0.2) is 0 Å². The molecule has 0 saturated heterocycles. The molecule has 3 heterocycles. The minimum Gasteiger partial charge on any atom is -0.140 e. The Bertz CT molecular complexity index is 939. The molecule has 3 rings (SSSR count). The Morgan fingerprint density at radius 3 is 1.26 bits per heavy atom. The Balaban J connectivity index is 1.64. The van der Waals surface area contributed by atoms with Gasteiger partial charge in [0.1, 0.15) is 8.07 Å². The van der Waals surface area contributed by atoms with E-state index >= 15 is 0 Å². The quantitative estimate of drug-likeness (QED) is 0.0672. The van der Waals surface area contributed by atoms with E-state index in [1.54, 1.807) is 25.6 Å². The summed E-state index contributed by atoms with van der Waals surface area (Å²) in [5.41, 5.74) is 0. The molecular weight excluding hydrogens is 573 g/mol. The second-order valence-corrected chi connectivity index (χ2v) is 21.1. The van der Waals surface area contributed by atoms with Gasteiger partial charge in [0.2, 0.25) is 0 Å². The average Bonchev–Trinajstić information content (AvgIpc) is 3.64. The largest absolute Gasteiger partial charge is 0.140 e. The van der Waals surface area contributed by atoms with Gasteiger partial charge >= 0.3 is 0 Å². The fourth-order valence-electron chi connectivity index (χ4n) is 8.00. The molecule has 0 bridgehead atoms. The molecule has 43 heavy (non-hydrogen) atoms. The van der Waals surface area contributed by atoms with Crippen molar-refractivity contribution in [1.29, 1.82) is 0 Å². The summed E-state index contributed by atoms with van der Waals surface area (Å²) in [6, 6.07) is 8.43. The average molecular weight is 643 g/mol. The lowest BCUT2D eigenvalue weighted by Gasteiger charge is -2.33. The topological polar surface area (TPSA) is 0 Å². The van der Waals surface area contributed by atoms with Crippen molar-refractivity contribution in [2.24, 2.45) is 5.92 Å². The minimum absolute atomic E-state index is 0.936. The first-order chi connectivity index (χ1) is 21.1. The van der Waals surface area contributed by atoms with Gasteiger partial charge in [-0.25, -0.2) is 0 Å². The molecule has 0 saturated carbocycles. The van der Waals surface area contributed by atoms with E-state index in [-0.39, 0.29) is 0 Å². The van der Waals surface area contributed by atoms with Crippen LogP contribution in [0, 0.1) is 19.8 Å². The first-order valence-electron chi connectivity index (χ1n) is 19.3. The van der Waals surface area contributed by atoms with Gasteiger partial charge in [0, 0.05) is 19.5 Å². The Hall–Kier alpha value is -0.383. The number of rotatable bonds is 27. The van der Waals surface area contributed by atoms with Crippen LogP contribution in [-0.4, -0.2) is 8.07 Å². The highest BCUT2D eigenvalue weighted by molar-refractivity contribution is 7.29. The van der Waals surface area contributed by atoms with Crippen molar-refractivity contribution < 1.29 is 0 Å². The van der Waals surface area contributed by atoms with Crippen LogP contribution in [0.5, 0.6) is 0 Å². The van der Waals surface area contributed by atoms with E-state index in [9.17, 15) is 0 Å². The fraction of sp³-hybridized carbons (Fsp3) is 0.800. The third kappa shape index (κ3) is 12.1. The van der Waals surface area contributed by atoms with E-state index in [0.717, 1.165) is 5.92 Å². The lowest BCUT2D eigenvalue weighted by atomic mass is 9.96. The number of hydrogen-bond acceptors (Lipinski definition) is 2. The molecular formula is C40H70S2Si. The van der Waals surface area contributed by atoms with E-state index < -0.39 is 8.07 Å². The first-order valence-corrected chi connectivity index (χ1v) is 23.3. The molecule has 0 nitrogen and oxygen atoms in total. The Kier molecular flexibility index (Phi) is 18.5. The third-order valence-corrected chi connectivity index (χ3v) is 18.4. The normalized spacial score (nSPS) is 14.3. The standard InChI is InChI=1S/C40H70S2Si/c1-6-9-12-15-17-18-19-20-21-22-24-27-30-43(37-31-34(4)41-39(37)40-38(43)32-35(5)42-40)33-36(28-25-14-11-8-3)29-26-23-16-13-10-7-2/h31-32,36H,6-30,33H2,1-5H3. The van der Waals surface area contributed by atoms with Gasteiger partial charge in [0.05, 0.1) is 0 Å². The number of thiophene rings is 2. The van der Waals surface area contributed by atoms with Crippen LogP contribution in [0.3, 0.4) is 0 Å². The van der Waals surface area contributed by atoms with E-state index in [4.69, 9.17) is 0 Å². The fourth-order valence-corrected chi connectivity index (χ4v) is 17.7. The highest BCUT2D eigenvalue weighted by Gasteiger charge is 2.48. The van der Waals surface area contributed by atoms with Crippen molar-refractivity contribution in [3.05, 3.63) is 21.9 Å². The SMILES string of the molecule is CCCCCCCCCCCCCC[Si]1(CC(CCCCCC)CCCCCCCC)c2cc(C)sc2-c2sc(C)cc21. The predicted octanol–water partition coefficient (Wildman–Crippen LogP) is 14.0. The molecule has 0 radical (unpaired) electrons. The zero-order valence-electron chi connectivity index (χ0n) is 29.4. The maximum absolute atomic E-state index is 2.69. The zero-order chi connectivity index (χ0) is 30.8. The second-order valence-electron chi connectivity index (χ2n) is 14.4. The van der Waals surface area contributed by atoms with Crippen LogP contribution in [-0.2, 0) is 0 Å². The van der Waals surface area contributed by atoms with Crippen LogP contribution in [0.25, 0.3) is 9.75 Å². The Morgan fingerprint density at radius 2 is 0.837 bits per heavy atom. The smallest absolute Gasteiger partial charge is 0.122 e. The molecule has 1 atom stereocenters. The molecule has 1 unspecified atom stereocenters. The maximum Gasteiger partial charge on any atom is 0.122 e. The van der Waals surface area contributed by atoms with E-state index in [2.05, 4.69) is 69.4 Å². The van der Waals surface area contributed by atoms with E-state index in [1.165, 1.54) is 160 Å².